The second-order valence-electron chi connectivity index (χ2n) is 3.86. The fourth-order valence-electron chi connectivity index (χ4n) is 1.69. The maximum absolute atomic E-state index is 2.83. The molecule has 0 heterocycles. The van der Waals surface area contributed by atoms with Crippen LogP contribution in [0.15, 0.2) is 0 Å². The Kier molecular flexibility index (Phi) is 7.38. The molecule has 0 rings (SSSR count). The number of hydrogen-bond donors (Lipinski definition) is 0. The monoisotopic (exact) mass is 174 g/mol. The SMILES string of the molecule is CCCC(CCP)CC(C)C. The molecule has 0 fully saturated rings. The van der Waals surface area contributed by atoms with Crippen molar-refractivity contribution in [3.05, 3.63) is 0 Å². The van der Waals surface area contributed by atoms with Gasteiger partial charge < -0.3 is 0 Å². The summed E-state index contributed by atoms with van der Waals surface area (Å²) in [5.41, 5.74) is 0. The second-order valence-corrected chi connectivity index (χ2v) is 4.44. The fraction of sp³-hybridized carbons (Fsp3) is 1.00. The van der Waals surface area contributed by atoms with Gasteiger partial charge in [0, 0.05) is 0 Å². The maximum atomic E-state index is 2.83. The van der Waals surface area contributed by atoms with Crippen molar-refractivity contribution in [1.82, 2.24) is 0 Å². The Morgan fingerprint density at radius 1 is 1.18 bits per heavy atom. The normalized spacial score (nSPS) is 13.9. The largest absolute Gasteiger partial charge is 0.138 e. The van der Waals surface area contributed by atoms with Crippen LogP contribution in [-0.2, 0) is 0 Å². The Balaban J connectivity index is 3.50. The van der Waals surface area contributed by atoms with Crippen LogP contribution in [0.2, 0.25) is 0 Å². The first kappa shape index (κ1) is 11.4. The minimum atomic E-state index is 0.878. The summed E-state index contributed by atoms with van der Waals surface area (Å²) in [4.78, 5) is 0. The van der Waals surface area contributed by atoms with Crippen LogP contribution in [0.25, 0.3) is 0 Å². The molecule has 0 nitrogen and oxygen atoms in total. The molecule has 0 aliphatic rings. The van der Waals surface area contributed by atoms with Gasteiger partial charge in [-0.15, -0.1) is 9.24 Å². The van der Waals surface area contributed by atoms with Crippen LogP contribution in [0, 0.1) is 11.8 Å². The summed E-state index contributed by atoms with van der Waals surface area (Å²) in [6.07, 6.45) is 6.87. The summed E-state index contributed by atoms with van der Waals surface area (Å²) in [6.45, 7) is 6.94. The first-order chi connectivity index (χ1) is 5.20. The first-order valence-corrected chi connectivity index (χ1v) is 5.72. The highest BCUT2D eigenvalue weighted by Gasteiger charge is 2.07. The zero-order valence-corrected chi connectivity index (χ0v) is 9.42. The van der Waals surface area contributed by atoms with Crippen LogP contribution < -0.4 is 0 Å². The van der Waals surface area contributed by atoms with Gasteiger partial charge in [0.05, 0.1) is 0 Å². The lowest BCUT2D eigenvalue weighted by molar-refractivity contribution is 0.375. The van der Waals surface area contributed by atoms with Crippen LogP contribution in [0.5, 0.6) is 0 Å². The van der Waals surface area contributed by atoms with Gasteiger partial charge >= 0.3 is 0 Å². The summed E-state index contributed by atoms with van der Waals surface area (Å²) in [5, 5.41) is 0. The topological polar surface area (TPSA) is 0 Å². The van der Waals surface area contributed by atoms with Gasteiger partial charge in [-0.2, -0.15) is 0 Å². The van der Waals surface area contributed by atoms with Gasteiger partial charge in [-0.05, 0) is 30.8 Å². The molecule has 2 atom stereocenters. The minimum Gasteiger partial charge on any atom is -0.138 e. The molecular weight excluding hydrogens is 151 g/mol. The molecule has 0 saturated heterocycles. The fourth-order valence-corrected chi connectivity index (χ4v) is 2.16. The third kappa shape index (κ3) is 6.81. The van der Waals surface area contributed by atoms with Crippen molar-refractivity contribution in [2.75, 3.05) is 6.16 Å². The van der Waals surface area contributed by atoms with E-state index < -0.39 is 0 Å². The van der Waals surface area contributed by atoms with E-state index in [2.05, 4.69) is 30.0 Å². The third-order valence-electron chi connectivity index (χ3n) is 2.08. The van der Waals surface area contributed by atoms with E-state index in [9.17, 15) is 0 Å². The quantitative estimate of drug-likeness (QED) is 0.538. The highest BCUT2D eigenvalue weighted by molar-refractivity contribution is 7.16. The highest BCUT2D eigenvalue weighted by atomic mass is 31.0. The lowest BCUT2D eigenvalue weighted by atomic mass is 9.91. The summed E-state index contributed by atoms with van der Waals surface area (Å²) in [6, 6.07) is 0. The van der Waals surface area contributed by atoms with Crippen molar-refractivity contribution in [2.45, 2.75) is 46.5 Å². The molecule has 0 aromatic heterocycles. The molecule has 1 heteroatoms. The van der Waals surface area contributed by atoms with Crippen LogP contribution >= 0.6 is 9.24 Å². The Morgan fingerprint density at radius 3 is 2.18 bits per heavy atom. The molecule has 2 unspecified atom stereocenters. The molecule has 0 amide bonds. The molecule has 0 N–H and O–H groups in total. The predicted octanol–water partition coefficient (Wildman–Crippen LogP) is 3.71. The highest BCUT2D eigenvalue weighted by Crippen LogP contribution is 2.21. The molecular formula is C10H23P. The van der Waals surface area contributed by atoms with Crippen LogP contribution in [0.1, 0.15) is 46.5 Å². The van der Waals surface area contributed by atoms with Crippen molar-refractivity contribution in [1.29, 1.82) is 0 Å². The van der Waals surface area contributed by atoms with Gasteiger partial charge in [-0.3, -0.25) is 0 Å². The molecule has 0 radical (unpaired) electrons. The first-order valence-electron chi connectivity index (χ1n) is 4.90. The van der Waals surface area contributed by atoms with Crippen molar-refractivity contribution < 1.29 is 0 Å². The lowest BCUT2D eigenvalue weighted by Crippen LogP contribution is -2.04. The molecule has 0 aliphatic carbocycles. The van der Waals surface area contributed by atoms with Crippen molar-refractivity contribution in [2.24, 2.45) is 11.8 Å². The smallest absolute Gasteiger partial charge is 0.0378 e. The Hall–Kier alpha value is 0.430. The summed E-state index contributed by atoms with van der Waals surface area (Å²) >= 11 is 0. The van der Waals surface area contributed by atoms with E-state index in [-0.39, 0.29) is 0 Å². The van der Waals surface area contributed by atoms with E-state index in [4.69, 9.17) is 0 Å². The van der Waals surface area contributed by atoms with E-state index in [1.165, 1.54) is 31.8 Å². The van der Waals surface area contributed by atoms with Gasteiger partial charge in [0.2, 0.25) is 0 Å². The number of rotatable bonds is 6. The van der Waals surface area contributed by atoms with Crippen molar-refractivity contribution in [3.63, 3.8) is 0 Å². The Labute approximate surface area is 74.4 Å². The molecule has 0 aliphatic heterocycles. The van der Waals surface area contributed by atoms with Crippen LogP contribution in [-0.4, -0.2) is 6.16 Å². The summed E-state index contributed by atoms with van der Waals surface area (Å²) in [5.74, 6) is 1.86. The Morgan fingerprint density at radius 2 is 1.82 bits per heavy atom. The molecule has 0 spiro atoms. The number of hydrogen-bond acceptors (Lipinski definition) is 0. The molecule has 0 aromatic carbocycles. The average Bonchev–Trinajstić information content (AvgIpc) is 1.87. The molecule has 68 valence electrons. The van der Waals surface area contributed by atoms with E-state index in [1.807, 2.05) is 0 Å². The van der Waals surface area contributed by atoms with E-state index in [0.717, 1.165) is 11.8 Å². The van der Waals surface area contributed by atoms with E-state index in [0.29, 0.717) is 0 Å². The Bertz CT molecular complexity index is 72.9. The van der Waals surface area contributed by atoms with E-state index in [1.54, 1.807) is 0 Å². The van der Waals surface area contributed by atoms with Crippen LogP contribution in [0.4, 0.5) is 0 Å². The zero-order valence-electron chi connectivity index (χ0n) is 8.27. The van der Waals surface area contributed by atoms with Crippen LogP contribution in [0.3, 0.4) is 0 Å². The summed E-state index contributed by atoms with van der Waals surface area (Å²) < 4.78 is 0. The minimum absolute atomic E-state index is 0.878. The van der Waals surface area contributed by atoms with Gasteiger partial charge in [0.1, 0.15) is 0 Å². The standard InChI is InChI=1S/C10H23P/c1-4-5-10(6-7-11)8-9(2)3/h9-10H,4-8,11H2,1-3H3. The van der Waals surface area contributed by atoms with Crippen molar-refractivity contribution >= 4 is 9.24 Å². The lowest BCUT2D eigenvalue weighted by Gasteiger charge is -2.16. The third-order valence-corrected chi connectivity index (χ3v) is 2.41. The van der Waals surface area contributed by atoms with Gasteiger partial charge in [0.15, 0.2) is 0 Å². The summed E-state index contributed by atoms with van der Waals surface area (Å²) in [7, 11) is 2.83. The average molecular weight is 174 g/mol. The predicted molar refractivity (Wildman–Crippen MR) is 57.0 cm³/mol. The molecule has 0 saturated carbocycles. The van der Waals surface area contributed by atoms with Gasteiger partial charge in [-0.25, -0.2) is 0 Å². The molecule has 0 bridgehead atoms. The van der Waals surface area contributed by atoms with Crippen molar-refractivity contribution in [3.8, 4) is 0 Å². The van der Waals surface area contributed by atoms with E-state index >= 15 is 0 Å². The maximum Gasteiger partial charge on any atom is -0.0378 e. The van der Waals surface area contributed by atoms with Gasteiger partial charge in [0.25, 0.3) is 0 Å². The molecule has 11 heavy (non-hydrogen) atoms. The van der Waals surface area contributed by atoms with Gasteiger partial charge in [-0.1, -0.05) is 33.6 Å². The zero-order chi connectivity index (χ0) is 8.69. The molecule has 0 aromatic rings. The second kappa shape index (κ2) is 7.10.